The molecule has 0 saturated carbocycles. The Morgan fingerprint density at radius 2 is 1.75 bits per heavy atom. The molecule has 0 radical (unpaired) electrons. The Labute approximate surface area is 90.4 Å². The number of primary amides is 1. The van der Waals surface area contributed by atoms with E-state index in [0.29, 0.717) is 6.07 Å². The molecule has 0 aliphatic rings. The molecule has 0 fully saturated rings. The van der Waals surface area contributed by atoms with Gasteiger partial charge in [0.2, 0.25) is 11.8 Å². The van der Waals surface area contributed by atoms with Crippen LogP contribution in [0, 0.1) is 11.6 Å². The molecule has 3 N–H and O–H groups in total. The van der Waals surface area contributed by atoms with Gasteiger partial charge in [-0.3, -0.25) is 9.59 Å². The molecule has 6 heteroatoms. The van der Waals surface area contributed by atoms with Crippen molar-refractivity contribution in [2.24, 2.45) is 5.73 Å². The Bertz CT molecular complexity index is 415. The summed E-state index contributed by atoms with van der Waals surface area (Å²) in [5, 5.41) is 2.20. The highest BCUT2D eigenvalue weighted by atomic mass is 19.1. The van der Waals surface area contributed by atoms with E-state index in [-0.39, 0.29) is 5.56 Å². The molecule has 4 nitrogen and oxygen atoms in total. The number of hydrogen-bond donors (Lipinski definition) is 2. The minimum Gasteiger partial charge on any atom is -0.369 e. The van der Waals surface area contributed by atoms with E-state index >= 15 is 0 Å². The number of nitrogens with one attached hydrogen (secondary N) is 1. The normalized spacial score (nSPS) is 11.9. The van der Waals surface area contributed by atoms with Crippen molar-refractivity contribution >= 4 is 11.8 Å². The first kappa shape index (κ1) is 12.1. The van der Waals surface area contributed by atoms with Crippen LogP contribution in [0.4, 0.5) is 8.78 Å². The lowest BCUT2D eigenvalue weighted by atomic mass is 9.97. The van der Waals surface area contributed by atoms with Crippen LogP contribution in [0.5, 0.6) is 0 Å². The van der Waals surface area contributed by atoms with Crippen molar-refractivity contribution in [2.75, 3.05) is 7.05 Å². The van der Waals surface area contributed by atoms with Crippen LogP contribution < -0.4 is 11.1 Å². The van der Waals surface area contributed by atoms with Gasteiger partial charge in [-0.2, -0.15) is 0 Å². The lowest BCUT2D eigenvalue weighted by molar-refractivity contribution is -0.129. The zero-order valence-electron chi connectivity index (χ0n) is 8.46. The molecule has 1 aromatic carbocycles. The van der Waals surface area contributed by atoms with E-state index in [1.807, 2.05) is 0 Å². The molecular formula is C10H10F2N2O2. The van der Waals surface area contributed by atoms with Crippen LogP contribution in [0.1, 0.15) is 11.5 Å². The molecule has 1 aromatic rings. The van der Waals surface area contributed by atoms with E-state index in [0.717, 1.165) is 12.1 Å². The Morgan fingerprint density at radius 1 is 1.25 bits per heavy atom. The summed E-state index contributed by atoms with van der Waals surface area (Å²) in [7, 11) is 1.30. The van der Waals surface area contributed by atoms with Crippen molar-refractivity contribution in [1.29, 1.82) is 0 Å². The van der Waals surface area contributed by atoms with Crippen molar-refractivity contribution in [3.8, 4) is 0 Å². The van der Waals surface area contributed by atoms with Gasteiger partial charge in [-0.25, -0.2) is 8.78 Å². The zero-order chi connectivity index (χ0) is 12.3. The maximum absolute atomic E-state index is 12.9. The van der Waals surface area contributed by atoms with Gasteiger partial charge in [0, 0.05) is 13.1 Å². The predicted molar refractivity (Wildman–Crippen MR) is 52.4 cm³/mol. The number of carbonyl (C=O) groups excluding carboxylic acids is 2. The van der Waals surface area contributed by atoms with Crippen molar-refractivity contribution in [3.05, 3.63) is 35.4 Å². The van der Waals surface area contributed by atoms with Crippen LogP contribution in [0.3, 0.4) is 0 Å². The van der Waals surface area contributed by atoms with Gasteiger partial charge < -0.3 is 11.1 Å². The summed E-state index contributed by atoms with van der Waals surface area (Å²) in [4.78, 5) is 22.4. The fraction of sp³-hybridized carbons (Fsp3) is 0.200. The minimum absolute atomic E-state index is 0.107. The zero-order valence-corrected chi connectivity index (χ0v) is 8.46. The Kier molecular flexibility index (Phi) is 3.55. The first-order chi connectivity index (χ1) is 7.45. The van der Waals surface area contributed by atoms with Gasteiger partial charge in [0.25, 0.3) is 0 Å². The minimum atomic E-state index is -1.39. The summed E-state index contributed by atoms with van der Waals surface area (Å²) < 4.78 is 25.8. The van der Waals surface area contributed by atoms with Crippen molar-refractivity contribution < 1.29 is 18.4 Å². The average Bonchev–Trinajstić information content (AvgIpc) is 2.15. The summed E-state index contributed by atoms with van der Waals surface area (Å²) in [6, 6.07) is 2.44. The van der Waals surface area contributed by atoms with Gasteiger partial charge in [0.05, 0.1) is 0 Å². The highest BCUT2D eigenvalue weighted by molar-refractivity contribution is 6.04. The Morgan fingerprint density at radius 3 is 2.12 bits per heavy atom. The van der Waals surface area contributed by atoms with E-state index in [4.69, 9.17) is 5.73 Å². The van der Waals surface area contributed by atoms with Crippen LogP contribution in [0.2, 0.25) is 0 Å². The van der Waals surface area contributed by atoms with Crippen LogP contribution in [-0.4, -0.2) is 18.9 Å². The fourth-order valence-corrected chi connectivity index (χ4v) is 1.33. The standard InChI is InChI=1S/C10H10F2N2O2/c1-14-10(16)8(9(13)15)5-2-6(11)4-7(12)3-5/h2-4,8H,1H3,(H2,13,15)(H,14,16). The number of rotatable bonds is 3. The lowest BCUT2D eigenvalue weighted by Gasteiger charge is -2.12. The smallest absolute Gasteiger partial charge is 0.236 e. The van der Waals surface area contributed by atoms with Gasteiger partial charge in [-0.15, -0.1) is 0 Å². The van der Waals surface area contributed by atoms with Crippen LogP contribution in [-0.2, 0) is 9.59 Å². The topological polar surface area (TPSA) is 72.2 Å². The molecule has 16 heavy (non-hydrogen) atoms. The third kappa shape index (κ3) is 2.53. The summed E-state index contributed by atoms with van der Waals surface area (Å²) in [6.45, 7) is 0. The SMILES string of the molecule is CNC(=O)C(C(N)=O)c1cc(F)cc(F)c1. The van der Waals surface area contributed by atoms with E-state index in [2.05, 4.69) is 5.32 Å². The van der Waals surface area contributed by atoms with Crippen molar-refractivity contribution in [2.45, 2.75) is 5.92 Å². The predicted octanol–water partition coefficient (Wildman–Crippen LogP) is 0.280. The molecule has 1 rings (SSSR count). The highest BCUT2D eigenvalue weighted by Gasteiger charge is 2.26. The van der Waals surface area contributed by atoms with Crippen LogP contribution >= 0.6 is 0 Å². The van der Waals surface area contributed by atoms with Gasteiger partial charge in [-0.05, 0) is 17.7 Å². The van der Waals surface area contributed by atoms with Crippen molar-refractivity contribution in [1.82, 2.24) is 5.32 Å². The first-order valence-electron chi connectivity index (χ1n) is 4.42. The monoisotopic (exact) mass is 228 g/mol. The molecule has 0 aromatic heterocycles. The van der Waals surface area contributed by atoms with Gasteiger partial charge >= 0.3 is 0 Å². The molecular weight excluding hydrogens is 218 g/mol. The van der Waals surface area contributed by atoms with E-state index in [9.17, 15) is 18.4 Å². The summed E-state index contributed by atoms with van der Waals surface area (Å²) >= 11 is 0. The second-order valence-corrected chi connectivity index (χ2v) is 3.15. The van der Waals surface area contributed by atoms with Gasteiger partial charge in [0.15, 0.2) is 0 Å². The van der Waals surface area contributed by atoms with Crippen LogP contribution in [0.25, 0.3) is 0 Å². The molecule has 1 unspecified atom stereocenters. The molecule has 0 heterocycles. The van der Waals surface area contributed by atoms with E-state index in [1.165, 1.54) is 7.05 Å². The summed E-state index contributed by atoms with van der Waals surface area (Å²) in [5.41, 5.74) is 4.89. The fourth-order valence-electron chi connectivity index (χ4n) is 1.33. The highest BCUT2D eigenvalue weighted by Crippen LogP contribution is 2.18. The van der Waals surface area contributed by atoms with Crippen LogP contribution in [0.15, 0.2) is 18.2 Å². The third-order valence-electron chi connectivity index (χ3n) is 2.01. The molecule has 0 spiro atoms. The number of likely N-dealkylation sites (N-methyl/N-ethyl adjacent to an activating group) is 1. The van der Waals surface area contributed by atoms with Gasteiger partial charge in [-0.1, -0.05) is 0 Å². The second-order valence-electron chi connectivity index (χ2n) is 3.15. The molecule has 0 aliphatic heterocycles. The first-order valence-corrected chi connectivity index (χ1v) is 4.42. The number of nitrogens with two attached hydrogens (primary N) is 1. The molecule has 0 aliphatic carbocycles. The maximum Gasteiger partial charge on any atom is 0.236 e. The third-order valence-corrected chi connectivity index (χ3v) is 2.01. The Hall–Kier alpha value is -1.98. The molecule has 0 bridgehead atoms. The Balaban J connectivity index is 3.21. The molecule has 86 valence electrons. The largest absolute Gasteiger partial charge is 0.369 e. The molecule has 0 saturated heterocycles. The van der Waals surface area contributed by atoms with E-state index in [1.54, 1.807) is 0 Å². The quantitative estimate of drug-likeness (QED) is 0.729. The van der Waals surface area contributed by atoms with Gasteiger partial charge in [0.1, 0.15) is 17.6 Å². The number of hydrogen-bond acceptors (Lipinski definition) is 2. The summed E-state index contributed by atoms with van der Waals surface area (Å²) in [6.07, 6.45) is 0. The van der Waals surface area contributed by atoms with E-state index < -0.39 is 29.4 Å². The lowest BCUT2D eigenvalue weighted by Crippen LogP contribution is -2.35. The van der Waals surface area contributed by atoms with Crippen molar-refractivity contribution in [3.63, 3.8) is 0 Å². The number of carbonyl (C=O) groups is 2. The number of benzene rings is 1. The average molecular weight is 228 g/mol. The number of amides is 2. The number of halogens is 2. The second kappa shape index (κ2) is 4.69. The molecule has 1 atom stereocenters. The maximum atomic E-state index is 12.9. The molecule has 2 amide bonds. The summed E-state index contributed by atoms with van der Waals surface area (Å²) in [5.74, 6) is -4.81.